The Bertz CT molecular complexity index is 808. The normalized spacial score (nSPS) is 16.0. The Hall–Kier alpha value is -2.55. The average molecular weight is 400 g/mol. The number of amides is 1. The molecule has 1 heterocycles. The van der Waals surface area contributed by atoms with E-state index in [2.05, 4.69) is 23.7 Å². The number of ether oxygens (including phenoxy) is 1. The fourth-order valence-electron chi connectivity index (χ4n) is 3.66. The Morgan fingerprint density at radius 2 is 1.97 bits per heavy atom. The van der Waals surface area contributed by atoms with Crippen molar-refractivity contribution in [3.8, 4) is 6.07 Å². The van der Waals surface area contributed by atoms with E-state index in [0.717, 1.165) is 55.6 Å². The number of esters is 1. The monoisotopic (exact) mass is 399 g/mol. The van der Waals surface area contributed by atoms with Gasteiger partial charge in [-0.1, -0.05) is 26.7 Å². The van der Waals surface area contributed by atoms with Crippen LogP contribution < -0.4 is 5.32 Å². The lowest BCUT2D eigenvalue weighted by Gasteiger charge is -2.16. The van der Waals surface area contributed by atoms with Gasteiger partial charge in [0.25, 0.3) is 5.91 Å². The third-order valence-corrected chi connectivity index (χ3v) is 5.54. The minimum atomic E-state index is -0.932. The van der Waals surface area contributed by atoms with Crippen LogP contribution >= 0.6 is 0 Å². The molecule has 0 bridgehead atoms. The summed E-state index contributed by atoms with van der Waals surface area (Å²) >= 11 is 0. The predicted molar refractivity (Wildman–Crippen MR) is 113 cm³/mol. The number of nitriles is 1. The number of hydrogen-bond acceptors (Lipinski definition) is 4. The number of aromatic nitrogens is 1. The van der Waals surface area contributed by atoms with Gasteiger partial charge in [-0.15, -0.1) is 0 Å². The van der Waals surface area contributed by atoms with Gasteiger partial charge in [-0.05, 0) is 63.7 Å². The molecule has 0 radical (unpaired) electrons. The Labute approximate surface area is 173 Å². The van der Waals surface area contributed by atoms with Gasteiger partial charge in [-0.2, -0.15) is 5.26 Å². The molecule has 0 spiro atoms. The second-order valence-electron chi connectivity index (χ2n) is 8.37. The van der Waals surface area contributed by atoms with Crippen molar-refractivity contribution in [3.63, 3.8) is 0 Å². The molecule has 1 atom stereocenters. The van der Waals surface area contributed by atoms with Crippen molar-refractivity contribution in [2.45, 2.75) is 85.4 Å². The van der Waals surface area contributed by atoms with Crippen molar-refractivity contribution < 1.29 is 14.3 Å². The Balaban J connectivity index is 2.06. The minimum Gasteiger partial charge on any atom is -0.448 e. The van der Waals surface area contributed by atoms with Gasteiger partial charge in [0.1, 0.15) is 11.6 Å². The summed E-state index contributed by atoms with van der Waals surface area (Å²) in [6, 6.07) is 4.05. The summed E-state index contributed by atoms with van der Waals surface area (Å²) in [5.41, 5.74) is 2.82. The second kappa shape index (κ2) is 10.3. The van der Waals surface area contributed by atoms with Crippen molar-refractivity contribution in [1.82, 2.24) is 9.88 Å². The van der Waals surface area contributed by atoms with Crippen molar-refractivity contribution in [2.75, 3.05) is 0 Å². The Kier molecular flexibility index (Phi) is 8.07. The van der Waals surface area contributed by atoms with Gasteiger partial charge in [-0.25, -0.2) is 4.79 Å². The standard InChI is InChI=1S/C23H33N3O3/c1-15(2)10-11-26-16(3)12-19(17(26)4)13-20(14-24)23(28)29-18(5)22(27)25-21-8-6-7-9-21/h12-13,15,18,21H,6-11H2,1-5H3,(H,25,27)/b20-13+/t18-/m0/s1. The molecular formula is C23H33N3O3. The third-order valence-electron chi connectivity index (χ3n) is 5.54. The van der Waals surface area contributed by atoms with E-state index < -0.39 is 12.1 Å². The van der Waals surface area contributed by atoms with Gasteiger partial charge in [0, 0.05) is 24.0 Å². The minimum absolute atomic E-state index is 0.102. The highest BCUT2D eigenvalue weighted by Crippen LogP contribution is 2.21. The number of nitrogens with zero attached hydrogens (tertiary/aromatic N) is 2. The van der Waals surface area contributed by atoms with Crippen LogP contribution in [0.3, 0.4) is 0 Å². The van der Waals surface area contributed by atoms with Crippen LogP contribution in [0.15, 0.2) is 11.6 Å². The summed E-state index contributed by atoms with van der Waals surface area (Å²) in [5, 5.41) is 12.4. The molecule has 158 valence electrons. The molecule has 0 saturated heterocycles. The van der Waals surface area contributed by atoms with Gasteiger partial charge in [0.2, 0.25) is 0 Å². The molecule has 6 heteroatoms. The van der Waals surface area contributed by atoms with Crippen molar-refractivity contribution in [3.05, 3.63) is 28.6 Å². The first kappa shape index (κ1) is 22.7. The van der Waals surface area contributed by atoms with Crippen LogP contribution in [-0.4, -0.2) is 28.6 Å². The summed E-state index contributed by atoms with van der Waals surface area (Å²) < 4.78 is 7.45. The molecule has 0 unspecified atom stereocenters. The number of aryl methyl sites for hydroxylation is 1. The lowest BCUT2D eigenvalue weighted by atomic mass is 10.1. The molecule has 1 aromatic heterocycles. The Morgan fingerprint density at radius 3 is 2.55 bits per heavy atom. The molecule has 1 saturated carbocycles. The fraction of sp³-hybridized carbons (Fsp3) is 0.609. The van der Waals surface area contributed by atoms with E-state index in [1.165, 1.54) is 6.92 Å². The number of carbonyl (C=O) groups is 2. The molecule has 1 aromatic rings. The zero-order valence-electron chi connectivity index (χ0n) is 18.2. The number of rotatable bonds is 8. The SMILES string of the molecule is Cc1cc(/C=C(\C#N)C(=O)O[C@@H](C)C(=O)NC2CCCC2)c(C)n1CCC(C)C. The fourth-order valence-corrected chi connectivity index (χ4v) is 3.66. The van der Waals surface area contributed by atoms with Crippen molar-refractivity contribution in [1.29, 1.82) is 5.26 Å². The predicted octanol–water partition coefficient (Wildman–Crippen LogP) is 4.05. The molecule has 29 heavy (non-hydrogen) atoms. The first-order valence-corrected chi connectivity index (χ1v) is 10.5. The first-order valence-electron chi connectivity index (χ1n) is 10.5. The third kappa shape index (κ3) is 6.22. The van der Waals surface area contributed by atoms with Crippen LogP contribution in [0.25, 0.3) is 6.08 Å². The maximum Gasteiger partial charge on any atom is 0.349 e. The maximum atomic E-state index is 12.4. The van der Waals surface area contributed by atoms with Crippen molar-refractivity contribution in [2.24, 2.45) is 5.92 Å². The van der Waals surface area contributed by atoms with Crippen molar-refractivity contribution >= 4 is 18.0 Å². The zero-order valence-corrected chi connectivity index (χ0v) is 18.2. The smallest absolute Gasteiger partial charge is 0.349 e. The van der Waals surface area contributed by atoms with E-state index in [1.807, 2.05) is 26.0 Å². The van der Waals surface area contributed by atoms with Gasteiger partial charge >= 0.3 is 5.97 Å². The molecule has 0 aliphatic heterocycles. The van der Waals surface area contributed by atoms with E-state index in [9.17, 15) is 14.9 Å². The molecule has 0 aromatic carbocycles. The van der Waals surface area contributed by atoms with Gasteiger partial charge in [0.05, 0.1) is 0 Å². The number of carbonyl (C=O) groups excluding carboxylic acids is 2. The van der Waals surface area contributed by atoms with Gasteiger partial charge in [-0.3, -0.25) is 4.79 Å². The molecule has 1 aliphatic rings. The van der Waals surface area contributed by atoms with E-state index in [4.69, 9.17) is 4.74 Å². The maximum absolute atomic E-state index is 12.4. The number of nitrogens with one attached hydrogen (secondary N) is 1. The molecule has 1 amide bonds. The van der Waals surface area contributed by atoms with Crippen LogP contribution in [0.1, 0.15) is 69.8 Å². The van der Waals surface area contributed by atoms with E-state index in [0.29, 0.717) is 5.92 Å². The van der Waals surface area contributed by atoms with Crippen LogP contribution in [0.2, 0.25) is 0 Å². The van der Waals surface area contributed by atoms with Gasteiger partial charge < -0.3 is 14.6 Å². The molecular weight excluding hydrogens is 366 g/mol. The zero-order chi connectivity index (χ0) is 21.6. The molecule has 1 fully saturated rings. The van der Waals surface area contributed by atoms with E-state index in [1.54, 1.807) is 6.08 Å². The molecule has 1 N–H and O–H groups in total. The number of hydrogen-bond donors (Lipinski definition) is 1. The van der Waals surface area contributed by atoms with Crippen LogP contribution in [0.5, 0.6) is 0 Å². The summed E-state index contributed by atoms with van der Waals surface area (Å²) in [6.45, 7) is 10.8. The van der Waals surface area contributed by atoms with E-state index in [-0.39, 0.29) is 17.5 Å². The van der Waals surface area contributed by atoms with Gasteiger partial charge in [0.15, 0.2) is 6.10 Å². The van der Waals surface area contributed by atoms with Crippen LogP contribution in [-0.2, 0) is 20.9 Å². The second-order valence-corrected chi connectivity index (χ2v) is 8.37. The molecule has 6 nitrogen and oxygen atoms in total. The molecule has 1 aliphatic carbocycles. The summed E-state index contributed by atoms with van der Waals surface area (Å²) in [7, 11) is 0. The quantitative estimate of drug-likeness (QED) is 0.406. The largest absolute Gasteiger partial charge is 0.448 e. The first-order chi connectivity index (χ1) is 13.7. The highest BCUT2D eigenvalue weighted by atomic mass is 16.5. The average Bonchev–Trinajstić information content (AvgIpc) is 3.26. The Morgan fingerprint density at radius 1 is 1.31 bits per heavy atom. The topological polar surface area (TPSA) is 84.1 Å². The summed E-state index contributed by atoms with van der Waals surface area (Å²) in [4.78, 5) is 24.7. The summed E-state index contributed by atoms with van der Waals surface area (Å²) in [5.74, 6) is -0.486. The lowest BCUT2D eigenvalue weighted by Crippen LogP contribution is -2.41. The van der Waals surface area contributed by atoms with Crippen LogP contribution in [0, 0.1) is 31.1 Å². The van der Waals surface area contributed by atoms with E-state index >= 15 is 0 Å². The molecule has 2 rings (SSSR count). The summed E-state index contributed by atoms with van der Waals surface area (Å²) in [6.07, 6.45) is 5.81. The highest BCUT2D eigenvalue weighted by Gasteiger charge is 2.24. The highest BCUT2D eigenvalue weighted by molar-refractivity contribution is 5.99. The lowest BCUT2D eigenvalue weighted by molar-refractivity contribution is -0.151. The van der Waals surface area contributed by atoms with Crippen LogP contribution in [0.4, 0.5) is 0 Å².